The van der Waals surface area contributed by atoms with Crippen LogP contribution in [0.2, 0.25) is 0 Å². The van der Waals surface area contributed by atoms with Crippen LogP contribution in [-0.2, 0) is 10.1 Å². The van der Waals surface area contributed by atoms with E-state index in [-0.39, 0.29) is 35.3 Å². The molecule has 0 aromatic carbocycles. The molecule has 0 unspecified atom stereocenters. The van der Waals surface area contributed by atoms with E-state index >= 15 is 0 Å². The minimum Gasteiger partial charge on any atom is -0.748 e. The van der Waals surface area contributed by atoms with E-state index < -0.39 is 10.1 Å². The smallest absolute Gasteiger partial charge is 0.748 e. The van der Waals surface area contributed by atoms with Crippen LogP contribution in [0, 0.1) is 0 Å². The number of hydrogen-bond donors (Lipinski definition) is 0. The van der Waals surface area contributed by atoms with Gasteiger partial charge in [0.1, 0.15) is 0 Å². The van der Waals surface area contributed by atoms with Crippen molar-refractivity contribution < 1.29 is 42.5 Å². The van der Waals surface area contributed by atoms with Crippen molar-refractivity contribution in [3.8, 4) is 0 Å². The number of alkyl halides is 1. The molecule has 0 heterocycles. The second kappa shape index (κ2) is 6.36. The molecule has 0 saturated carbocycles. The van der Waals surface area contributed by atoms with Crippen molar-refractivity contribution in [2.45, 2.75) is 6.42 Å². The Hall–Kier alpha value is 1.64. The van der Waals surface area contributed by atoms with E-state index in [1.165, 1.54) is 0 Å². The molecule has 6 heteroatoms. The third kappa shape index (κ3) is 12.8. The molecule has 50 valence electrons. The summed E-state index contributed by atoms with van der Waals surface area (Å²) >= 11 is 2.02. The number of halogens is 1. The monoisotopic (exact) mass is 272 g/mol. The molecule has 0 aromatic rings. The van der Waals surface area contributed by atoms with Crippen molar-refractivity contribution in [3.05, 3.63) is 0 Å². The Morgan fingerprint density at radius 1 is 1.44 bits per heavy atom. The van der Waals surface area contributed by atoms with Gasteiger partial charge in [0.25, 0.3) is 0 Å². The first-order valence-corrected chi connectivity index (χ1v) is 5.16. The Balaban J connectivity index is 0. The Kier molecular flexibility index (Phi) is 9.36. The molecule has 0 bridgehead atoms. The predicted molar refractivity (Wildman–Crippen MR) is 38.1 cm³/mol. The average molecular weight is 272 g/mol. The largest absolute Gasteiger partial charge is 1.00 e. The van der Waals surface area contributed by atoms with Gasteiger partial charge in [-0.05, 0) is 6.42 Å². The predicted octanol–water partition coefficient (Wildman–Crippen LogP) is -2.64. The molecule has 9 heavy (non-hydrogen) atoms. The second-order valence-electron chi connectivity index (χ2n) is 1.30. The van der Waals surface area contributed by atoms with Crippen molar-refractivity contribution in [2.24, 2.45) is 0 Å². The maximum atomic E-state index is 9.83. The standard InChI is InChI=1S/C3H7IO3S.Na/c4-2-1-3-8(5,6)7;/h1-3H2,(H,5,6,7);/q;+1/p-1. The Morgan fingerprint density at radius 2 is 1.89 bits per heavy atom. The fourth-order valence-corrected chi connectivity index (χ4v) is 1.63. The summed E-state index contributed by atoms with van der Waals surface area (Å²) in [5.41, 5.74) is 0. The molecule has 0 aromatic heterocycles. The second-order valence-corrected chi connectivity index (χ2v) is 3.91. The zero-order valence-electron chi connectivity index (χ0n) is 5.13. The van der Waals surface area contributed by atoms with E-state index in [1.54, 1.807) is 0 Å². The normalized spacial score (nSPS) is 10.4. The first kappa shape index (κ1) is 13.2. The molecule has 0 atom stereocenters. The van der Waals surface area contributed by atoms with Crippen LogP contribution in [0.1, 0.15) is 6.42 Å². The molecule has 3 nitrogen and oxygen atoms in total. The summed E-state index contributed by atoms with van der Waals surface area (Å²) in [7, 11) is -3.94. The zero-order chi connectivity index (χ0) is 6.62. The van der Waals surface area contributed by atoms with Crippen molar-refractivity contribution in [2.75, 3.05) is 10.2 Å². The molecule has 0 spiro atoms. The maximum Gasteiger partial charge on any atom is 1.00 e. The van der Waals surface area contributed by atoms with E-state index in [2.05, 4.69) is 0 Å². The first-order chi connectivity index (χ1) is 3.56. The Bertz CT molecular complexity index is 143. The third-order valence-electron chi connectivity index (χ3n) is 0.528. The van der Waals surface area contributed by atoms with Gasteiger partial charge in [-0.3, -0.25) is 0 Å². The van der Waals surface area contributed by atoms with E-state index in [0.29, 0.717) is 6.42 Å². The Labute approximate surface area is 90.8 Å². The third-order valence-corrected chi connectivity index (χ3v) is 2.08. The summed E-state index contributed by atoms with van der Waals surface area (Å²) < 4.78 is 30.2. The fraction of sp³-hybridized carbons (Fsp3) is 1.00. The van der Waals surface area contributed by atoms with Gasteiger partial charge in [-0.1, -0.05) is 22.6 Å². The van der Waals surface area contributed by atoms with Gasteiger partial charge in [-0.15, -0.1) is 0 Å². The summed E-state index contributed by atoms with van der Waals surface area (Å²) in [4.78, 5) is 0. The summed E-state index contributed by atoms with van der Waals surface area (Å²) in [6.07, 6.45) is 0.465. The summed E-state index contributed by atoms with van der Waals surface area (Å²) in [5, 5.41) is 0. The van der Waals surface area contributed by atoms with E-state index in [0.717, 1.165) is 4.43 Å². The zero-order valence-corrected chi connectivity index (χ0v) is 10.1. The van der Waals surface area contributed by atoms with E-state index in [1.807, 2.05) is 22.6 Å². The van der Waals surface area contributed by atoms with Crippen LogP contribution in [0.15, 0.2) is 0 Å². The number of hydrogen-bond acceptors (Lipinski definition) is 3. The van der Waals surface area contributed by atoms with Gasteiger partial charge >= 0.3 is 29.6 Å². The van der Waals surface area contributed by atoms with Crippen LogP contribution in [0.25, 0.3) is 0 Å². The summed E-state index contributed by atoms with van der Waals surface area (Å²) in [5.74, 6) is -0.226. The molecule has 0 amide bonds. The van der Waals surface area contributed by atoms with Crippen LogP contribution in [0.4, 0.5) is 0 Å². The minimum atomic E-state index is -3.94. The fourth-order valence-electron chi connectivity index (χ4n) is 0.231. The molecule has 0 aliphatic rings. The molecular formula is C3H6INaO3S. The van der Waals surface area contributed by atoms with E-state index in [4.69, 9.17) is 0 Å². The topological polar surface area (TPSA) is 57.2 Å². The van der Waals surface area contributed by atoms with Crippen LogP contribution in [0.3, 0.4) is 0 Å². The maximum absolute atomic E-state index is 9.83. The van der Waals surface area contributed by atoms with Crippen molar-refractivity contribution in [1.82, 2.24) is 0 Å². The van der Waals surface area contributed by atoms with Gasteiger partial charge < -0.3 is 4.55 Å². The molecular weight excluding hydrogens is 266 g/mol. The summed E-state index contributed by atoms with van der Waals surface area (Å²) in [6.45, 7) is 0. The van der Waals surface area contributed by atoms with Gasteiger partial charge in [0.2, 0.25) is 0 Å². The SMILES string of the molecule is O=S(=O)([O-])CCCI.[Na+]. The van der Waals surface area contributed by atoms with Gasteiger partial charge in [0, 0.05) is 10.2 Å². The van der Waals surface area contributed by atoms with Crippen LogP contribution < -0.4 is 29.6 Å². The molecule has 0 N–H and O–H groups in total. The molecule has 0 saturated heterocycles. The molecule has 0 rings (SSSR count). The molecule has 0 radical (unpaired) electrons. The van der Waals surface area contributed by atoms with Crippen molar-refractivity contribution >= 4 is 32.7 Å². The van der Waals surface area contributed by atoms with Crippen molar-refractivity contribution in [1.29, 1.82) is 0 Å². The molecule has 0 aliphatic heterocycles. The molecule has 0 fully saturated rings. The molecule has 0 aliphatic carbocycles. The average Bonchev–Trinajstić information content (AvgIpc) is 1.59. The first-order valence-electron chi connectivity index (χ1n) is 2.06. The van der Waals surface area contributed by atoms with Crippen LogP contribution in [-0.4, -0.2) is 23.2 Å². The van der Waals surface area contributed by atoms with Crippen LogP contribution in [0.5, 0.6) is 0 Å². The minimum absolute atomic E-state index is 0. The summed E-state index contributed by atoms with van der Waals surface area (Å²) in [6, 6.07) is 0. The van der Waals surface area contributed by atoms with Gasteiger partial charge in [0.05, 0.1) is 10.1 Å². The quantitative estimate of drug-likeness (QED) is 0.244. The van der Waals surface area contributed by atoms with Gasteiger partial charge in [-0.25, -0.2) is 8.42 Å². The Morgan fingerprint density at radius 3 is 2.00 bits per heavy atom. The number of rotatable bonds is 3. The van der Waals surface area contributed by atoms with Gasteiger partial charge in [0.15, 0.2) is 0 Å². The van der Waals surface area contributed by atoms with E-state index in [9.17, 15) is 13.0 Å². The van der Waals surface area contributed by atoms with Gasteiger partial charge in [-0.2, -0.15) is 0 Å². The van der Waals surface area contributed by atoms with Crippen LogP contribution >= 0.6 is 22.6 Å². The van der Waals surface area contributed by atoms with Crippen molar-refractivity contribution in [3.63, 3.8) is 0 Å².